The Morgan fingerprint density at radius 2 is 1.12 bits per heavy atom. The number of nitrogens with zero attached hydrogens (tertiary/aromatic N) is 1. The number of aryl methyl sites for hydroxylation is 1. The number of hydrogen-bond acceptors (Lipinski definition) is 2. The molecule has 0 bridgehead atoms. The Morgan fingerprint density at radius 3 is 1.96 bits per heavy atom. The Balaban J connectivity index is 1.25. The van der Waals surface area contributed by atoms with E-state index in [2.05, 4.69) is 182 Å². The van der Waals surface area contributed by atoms with Crippen molar-refractivity contribution < 1.29 is 0 Å². The van der Waals surface area contributed by atoms with Gasteiger partial charge in [-0.05, 0) is 99.5 Å². The minimum Gasteiger partial charge on any atom is -0.310 e. The van der Waals surface area contributed by atoms with Gasteiger partial charge in [0.1, 0.15) is 0 Å². The monoisotopic (exact) mass is 629 g/mol. The van der Waals surface area contributed by atoms with Gasteiger partial charge in [-0.15, -0.1) is 11.3 Å². The van der Waals surface area contributed by atoms with Crippen LogP contribution in [0.3, 0.4) is 0 Å². The number of anilines is 3. The van der Waals surface area contributed by atoms with Crippen LogP contribution in [0, 0.1) is 6.92 Å². The van der Waals surface area contributed by atoms with E-state index in [1.54, 1.807) is 0 Å². The van der Waals surface area contributed by atoms with Gasteiger partial charge in [0.2, 0.25) is 0 Å². The fourth-order valence-corrected chi connectivity index (χ4v) is 9.89. The Labute approximate surface area is 285 Å². The number of benzene rings is 7. The Morgan fingerprint density at radius 1 is 0.479 bits per heavy atom. The van der Waals surface area contributed by atoms with Crippen LogP contribution in [0.1, 0.15) is 27.1 Å². The van der Waals surface area contributed by atoms with Crippen LogP contribution in [0.25, 0.3) is 43.5 Å². The molecule has 8 aromatic rings. The van der Waals surface area contributed by atoms with Gasteiger partial charge >= 0.3 is 0 Å². The van der Waals surface area contributed by atoms with Gasteiger partial charge in [-0.25, -0.2) is 0 Å². The SMILES string of the molecule is Cc1cccc2c1C1(c3ccccc3-2)c2cc(N(c3ccccc3)c3ccc(-c4ccccc4)cc3)ccc2-c2c1sc1ccccc21. The maximum atomic E-state index is 2.49. The first kappa shape index (κ1) is 27.4. The zero-order valence-electron chi connectivity index (χ0n) is 26.5. The van der Waals surface area contributed by atoms with Crippen LogP contribution in [-0.4, -0.2) is 0 Å². The largest absolute Gasteiger partial charge is 0.310 e. The summed E-state index contributed by atoms with van der Waals surface area (Å²) in [4.78, 5) is 3.85. The summed E-state index contributed by atoms with van der Waals surface area (Å²) in [6.45, 7) is 2.30. The van der Waals surface area contributed by atoms with Crippen molar-refractivity contribution in [1.29, 1.82) is 0 Å². The topological polar surface area (TPSA) is 3.24 Å². The van der Waals surface area contributed by atoms with E-state index in [-0.39, 0.29) is 5.41 Å². The quantitative estimate of drug-likeness (QED) is 0.187. The van der Waals surface area contributed by atoms with Crippen LogP contribution in [0.2, 0.25) is 0 Å². The molecule has 1 heterocycles. The van der Waals surface area contributed by atoms with Crippen LogP contribution >= 0.6 is 11.3 Å². The van der Waals surface area contributed by atoms with Crippen molar-refractivity contribution in [2.45, 2.75) is 12.3 Å². The molecule has 1 aromatic heterocycles. The summed E-state index contributed by atoms with van der Waals surface area (Å²) in [6.07, 6.45) is 0. The molecule has 0 radical (unpaired) electrons. The van der Waals surface area contributed by atoms with Crippen molar-refractivity contribution in [3.63, 3.8) is 0 Å². The van der Waals surface area contributed by atoms with E-state index in [4.69, 9.17) is 0 Å². The number of hydrogen-bond donors (Lipinski definition) is 0. The van der Waals surface area contributed by atoms with E-state index in [0.29, 0.717) is 0 Å². The number of para-hydroxylation sites is 1. The van der Waals surface area contributed by atoms with Gasteiger partial charge in [-0.3, -0.25) is 0 Å². The number of rotatable bonds is 4. The van der Waals surface area contributed by atoms with Crippen molar-refractivity contribution in [3.8, 4) is 33.4 Å². The summed E-state index contributed by atoms with van der Waals surface area (Å²) in [5.41, 5.74) is 16.4. The van der Waals surface area contributed by atoms with Crippen molar-refractivity contribution in [1.82, 2.24) is 0 Å². The maximum absolute atomic E-state index is 2.49. The molecule has 226 valence electrons. The molecule has 0 fully saturated rings. The predicted octanol–water partition coefficient (Wildman–Crippen LogP) is 12.7. The molecule has 2 heteroatoms. The Kier molecular flexibility index (Phi) is 5.94. The highest BCUT2D eigenvalue weighted by Crippen LogP contribution is 2.67. The number of thiophene rings is 1. The molecule has 48 heavy (non-hydrogen) atoms. The third-order valence-electron chi connectivity index (χ3n) is 10.4. The lowest BCUT2D eigenvalue weighted by molar-refractivity contribution is 0.803. The molecular formula is C46H31NS. The molecule has 10 rings (SSSR count). The molecule has 0 N–H and O–H groups in total. The average molecular weight is 630 g/mol. The first-order valence-electron chi connectivity index (χ1n) is 16.6. The van der Waals surface area contributed by atoms with E-state index >= 15 is 0 Å². The molecule has 1 unspecified atom stereocenters. The lowest BCUT2D eigenvalue weighted by Crippen LogP contribution is -2.26. The van der Waals surface area contributed by atoms with E-state index in [1.807, 2.05) is 11.3 Å². The van der Waals surface area contributed by atoms with Crippen LogP contribution in [-0.2, 0) is 5.41 Å². The highest BCUT2D eigenvalue weighted by atomic mass is 32.1. The molecule has 2 aliphatic rings. The van der Waals surface area contributed by atoms with Gasteiger partial charge in [-0.2, -0.15) is 0 Å². The molecule has 7 aromatic carbocycles. The standard InChI is InChI=1S/C46H31NS/c1-30-13-12-20-37-36-18-8-10-21-40(36)46(44(30)37)41-29-35(27-28-38(41)43-39-19-9-11-22-42(39)48-45(43)46)47(33-16-6-3-7-17-33)34-25-23-32(24-26-34)31-14-4-2-5-15-31/h2-29H,1H3. The Bertz CT molecular complexity index is 2510. The van der Waals surface area contributed by atoms with Crippen LogP contribution in [0.5, 0.6) is 0 Å². The molecule has 1 nitrogen and oxygen atoms in total. The molecule has 2 aliphatic carbocycles. The smallest absolute Gasteiger partial charge is 0.0822 e. The van der Waals surface area contributed by atoms with Crippen molar-refractivity contribution in [3.05, 3.63) is 197 Å². The van der Waals surface area contributed by atoms with Gasteiger partial charge in [-0.1, -0.05) is 127 Å². The van der Waals surface area contributed by atoms with Crippen LogP contribution in [0.4, 0.5) is 17.1 Å². The van der Waals surface area contributed by atoms with E-state index in [1.165, 1.54) is 70.6 Å². The summed E-state index contributed by atoms with van der Waals surface area (Å²) < 4.78 is 1.35. The summed E-state index contributed by atoms with van der Waals surface area (Å²) in [5, 5.41) is 1.35. The van der Waals surface area contributed by atoms with E-state index in [0.717, 1.165) is 17.1 Å². The zero-order valence-corrected chi connectivity index (χ0v) is 27.3. The van der Waals surface area contributed by atoms with Gasteiger partial charge < -0.3 is 4.90 Å². The molecule has 0 saturated heterocycles. The summed E-state index contributed by atoms with van der Waals surface area (Å²) >= 11 is 1.97. The third kappa shape index (κ3) is 3.72. The fraction of sp³-hybridized carbons (Fsp3) is 0.0435. The second-order valence-corrected chi connectivity index (χ2v) is 14.0. The molecule has 1 atom stereocenters. The Hall–Kier alpha value is -5.70. The highest BCUT2D eigenvalue weighted by Gasteiger charge is 2.54. The van der Waals surface area contributed by atoms with Crippen LogP contribution < -0.4 is 4.90 Å². The molecule has 1 spiro atoms. The second kappa shape index (κ2) is 10.4. The minimum absolute atomic E-state index is 0.388. The molecule has 0 saturated carbocycles. The average Bonchev–Trinajstić information content (AvgIpc) is 3.77. The van der Waals surface area contributed by atoms with Crippen molar-refractivity contribution in [2.24, 2.45) is 0 Å². The van der Waals surface area contributed by atoms with E-state index < -0.39 is 0 Å². The van der Waals surface area contributed by atoms with Crippen molar-refractivity contribution >= 4 is 38.5 Å². The molecule has 0 amide bonds. The van der Waals surface area contributed by atoms with Crippen LogP contribution in [0.15, 0.2) is 170 Å². The highest BCUT2D eigenvalue weighted by molar-refractivity contribution is 7.20. The molecule has 0 aliphatic heterocycles. The second-order valence-electron chi connectivity index (χ2n) is 12.9. The van der Waals surface area contributed by atoms with Crippen molar-refractivity contribution in [2.75, 3.05) is 4.90 Å². The van der Waals surface area contributed by atoms with Gasteiger partial charge in [0.05, 0.1) is 5.41 Å². The van der Waals surface area contributed by atoms with Gasteiger partial charge in [0, 0.05) is 37.6 Å². The predicted molar refractivity (Wildman–Crippen MR) is 203 cm³/mol. The minimum atomic E-state index is -0.388. The third-order valence-corrected chi connectivity index (χ3v) is 11.7. The first-order chi connectivity index (χ1) is 23.7. The maximum Gasteiger partial charge on any atom is 0.0822 e. The molecular weight excluding hydrogens is 599 g/mol. The fourth-order valence-electron chi connectivity index (χ4n) is 8.44. The summed E-state index contributed by atoms with van der Waals surface area (Å²) in [5.74, 6) is 0. The lowest BCUT2D eigenvalue weighted by atomic mass is 9.72. The first-order valence-corrected chi connectivity index (χ1v) is 17.4. The normalized spacial score (nSPS) is 15.3. The summed E-state index contributed by atoms with van der Waals surface area (Å²) in [6, 6.07) is 62.5. The lowest BCUT2D eigenvalue weighted by Gasteiger charge is -2.32. The number of fused-ring (bicyclic) bond motifs is 12. The van der Waals surface area contributed by atoms with Gasteiger partial charge in [0.15, 0.2) is 0 Å². The zero-order chi connectivity index (χ0) is 31.8. The van der Waals surface area contributed by atoms with Gasteiger partial charge in [0.25, 0.3) is 0 Å². The van der Waals surface area contributed by atoms with E-state index in [9.17, 15) is 0 Å². The summed E-state index contributed by atoms with van der Waals surface area (Å²) in [7, 11) is 0.